The fourth-order valence-corrected chi connectivity index (χ4v) is 6.25. The van der Waals surface area contributed by atoms with Gasteiger partial charge in [0.25, 0.3) is 0 Å². The zero-order valence-electron chi connectivity index (χ0n) is 24.0. The minimum Gasteiger partial charge on any atom is -0.451 e. The van der Waals surface area contributed by atoms with Crippen LogP contribution in [0.2, 0.25) is 0 Å². The van der Waals surface area contributed by atoms with Gasteiger partial charge in [0.05, 0.1) is 5.56 Å². The summed E-state index contributed by atoms with van der Waals surface area (Å²) in [6.07, 6.45) is 1.54. The van der Waals surface area contributed by atoms with E-state index < -0.39 is 53.0 Å². The highest BCUT2D eigenvalue weighted by atomic mass is 19.1. The Kier molecular flexibility index (Phi) is 7.07. The van der Waals surface area contributed by atoms with Crippen LogP contribution in [-0.2, 0) is 31.1 Å². The molecule has 41 heavy (non-hydrogen) atoms. The molecule has 10 heteroatoms. The number of carbonyl (C=O) groups excluding carboxylic acids is 4. The Balaban J connectivity index is 1.32. The number of esters is 1. The molecule has 2 aromatic carbocycles. The third kappa shape index (κ3) is 5.52. The van der Waals surface area contributed by atoms with Crippen LogP contribution in [0.5, 0.6) is 0 Å². The molecule has 1 aliphatic carbocycles. The van der Waals surface area contributed by atoms with Crippen LogP contribution in [-0.4, -0.2) is 52.5 Å². The van der Waals surface area contributed by atoms with E-state index in [4.69, 9.17) is 15.2 Å². The van der Waals surface area contributed by atoms with Crippen LogP contribution in [0.4, 0.5) is 9.18 Å². The topological polar surface area (TPSA) is 128 Å². The van der Waals surface area contributed by atoms with Gasteiger partial charge in [0.1, 0.15) is 29.1 Å². The molecule has 5 rings (SSSR count). The summed E-state index contributed by atoms with van der Waals surface area (Å²) in [6, 6.07) is 7.76. The van der Waals surface area contributed by atoms with Crippen LogP contribution in [0, 0.1) is 11.7 Å². The number of nitrogens with two attached hydrogens (primary N) is 1. The van der Waals surface area contributed by atoms with Crippen LogP contribution in [0.15, 0.2) is 36.4 Å². The second kappa shape index (κ2) is 10.2. The van der Waals surface area contributed by atoms with Gasteiger partial charge in [-0.25, -0.2) is 14.0 Å². The number of piperidine rings is 1. The molecular formula is C31H36FN3O6. The van der Waals surface area contributed by atoms with Crippen molar-refractivity contribution in [2.75, 3.05) is 0 Å². The Hall–Kier alpha value is -3.95. The Morgan fingerprint density at radius 1 is 1.15 bits per heavy atom. The van der Waals surface area contributed by atoms with E-state index in [1.54, 1.807) is 45.0 Å². The van der Waals surface area contributed by atoms with Gasteiger partial charge in [-0.3, -0.25) is 14.5 Å². The number of hydrogen-bond donors (Lipinski definition) is 2. The van der Waals surface area contributed by atoms with Crippen molar-refractivity contribution in [2.45, 2.75) is 89.6 Å². The van der Waals surface area contributed by atoms with Crippen molar-refractivity contribution < 1.29 is 33.0 Å². The number of ether oxygens (including phenoxy) is 2. The van der Waals surface area contributed by atoms with Crippen molar-refractivity contribution >= 4 is 23.9 Å². The van der Waals surface area contributed by atoms with Crippen molar-refractivity contribution in [2.24, 2.45) is 11.7 Å². The normalized spacial score (nSPS) is 23.1. The maximum Gasteiger partial charge on any atom is 0.411 e. The Labute approximate surface area is 238 Å². The SMILES string of the molecule is CC(C)(C)OC(=O)N1[C@@H]2CC[C@@H](C2)[C@H]1C(=O)N[C@@H](Cc1ccc(-c2ccc3c(c2)C(=O)OC3(C)C)cc1F)C(N)=O. The number of rotatable bonds is 6. The van der Waals surface area contributed by atoms with E-state index in [0.717, 1.165) is 18.4 Å². The number of halogens is 1. The quantitative estimate of drug-likeness (QED) is 0.506. The monoisotopic (exact) mass is 565 g/mol. The van der Waals surface area contributed by atoms with Gasteiger partial charge in [0, 0.05) is 18.0 Å². The van der Waals surface area contributed by atoms with E-state index in [9.17, 15) is 19.2 Å². The highest BCUT2D eigenvalue weighted by Crippen LogP contribution is 2.43. The molecule has 4 atom stereocenters. The van der Waals surface area contributed by atoms with Gasteiger partial charge >= 0.3 is 12.1 Å². The highest BCUT2D eigenvalue weighted by Gasteiger charge is 2.52. The summed E-state index contributed by atoms with van der Waals surface area (Å²) in [5.41, 5.74) is 6.75. The maximum atomic E-state index is 15.3. The number of carbonyl (C=O) groups is 4. The van der Waals surface area contributed by atoms with E-state index in [0.29, 0.717) is 23.1 Å². The van der Waals surface area contributed by atoms with Crippen molar-refractivity contribution in [3.8, 4) is 11.1 Å². The second-order valence-corrected chi connectivity index (χ2v) is 12.7. The second-order valence-electron chi connectivity index (χ2n) is 12.7. The van der Waals surface area contributed by atoms with E-state index >= 15 is 4.39 Å². The lowest BCUT2D eigenvalue weighted by atomic mass is 9.92. The van der Waals surface area contributed by atoms with Crippen LogP contribution in [0.3, 0.4) is 0 Å². The number of likely N-dealkylation sites (tertiary alicyclic amines) is 1. The summed E-state index contributed by atoms with van der Waals surface area (Å²) in [4.78, 5) is 52.5. The molecule has 1 saturated carbocycles. The average molecular weight is 566 g/mol. The minimum atomic E-state index is -1.18. The molecule has 0 unspecified atom stereocenters. The molecule has 3 aliphatic rings. The number of fused-ring (bicyclic) bond motifs is 3. The van der Waals surface area contributed by atoms with E-state index in [1.807, 2.05) is 13.8 Å². The Bertz CT molecular complexity index is 1430. The molecule has 3 amide bonds. The van der Waals surface area contributed by atoms with Crippen LogP contribution >= 0.6 is 0 Å². The number of primary amides is 1. The average Bonchev–Trinajstić information content (AvgIpc) is 3.55. The van der Waals surface area contributed by atoms with Crippen LogP contribution in [0.1, 0.15) is 75.4 Å². The molecule has 2 aromatic rings. The molecule has 3 N–H and O–H groups in total. The largest absolute Gasteiger partial charge is 0.451 e. The summed E-state index contributed by atoms with van der Waals surface area (Å²) in [7, 11) is 0. The molecule has 2 bridgehead atoms. The van der Waals surface area contributed by atoms with Gasteiger partial charge in [-0.2, -0.15) is 0 Å². The molecule has 0 aromatic heterocycles. The predicted molar refractivity (Wildman–Crippen MR) is 148 cm³/mol. The van der Waals surface area contributed by atoms with Crippen molar-refractivity contribution in [3.05, 3.63) is 58.9 Å². The number of nitrogens with one attached hydrogen (secondary N) is 1. The molecule has 1 saturated heterocycles. The summed E-state index contributed by atoms with van der Waals surface area (Å²) < 4.78 is 26.3. The first-order valence-corrected chi connectivity index (χ1v) is 13.9. The lowest BCUT2D eigenvalue weighted by Crippen LogP contribution is -2.57. The number of hydrogen-bond acceptors (Lipinski definition) is 6. The minimum absolute atomic E-state index is 0.0488. The molecule has 218 valence electrons. The first kappa shape index (κ1) is 28.6. The molecule has 0 spiro atoms. The smallest absolute Gasteiger partial charge is 0.411 e. The summed E-state index contributed by atoms with van der Waals surface area (Å²) in [5.74, 6) is -2.37. The molecule has 2 fully saturated rings. The number of benzene rings is 2. The van der Waals surface area contributed by atoms with Crippen LogP contribution < -0.4 is 11.1 Å². The third-order valence-electron chi connectivity index (χ3n) is 8.16. The summed E-state index contributed by atoms with van der Waals surface area (Å²) in [6.45, 7) is 8.90. The molecule has 2 aliphatic heterocycles. The standard InChI is InChI=1S/C31H36FN3O6/c1-30(2,3)41-29(39)35-20-10-8-19(12-20)25(35)27(37)34-24(26(33)36)15-18-7-6-17(14-23(18)32)16-9-11-22-21(13-16)28(38)40-31(22,4)5/h6-7,9,11,13-14,19-20,24-25H,8,10,12,15H2,1-5H3,(H2,33,36)(H,34,37)/t19-,20+,24-,25-/m0/s1. The number of nitrogens with zero attached hydrogens (tertiary/aromatic N) is 1. The van der Waals surface area contributed by atoms with E-state index in [1.165, 1.54) is 17.0 Å². The zero-order chi connectivity index (χ0) is 29.9. The van der Waals surface area contributed by atoms with Gasteiger partial charge in [-0.05, 0) is 88.6 Å². The van der Waals surface area contributed by atoms with Crippen molar-refractivity contribution in [1.82, 2.24) is 10.2 Å². The fourth-order valence-electron chi connectivity index (χ4n) is 6.25. The molecule has 9 nitrogen and oxygen atoms in total. The van der Waals surface area contributed by atoms with E-state index in [2.05, 4.69) is 5.32 Å². The maximum absolute atomic E-state index is 15.3. The summed E-state index contributed by atoms with van der Waals surface area (Å²) in [5, 5.41) is 2.67. The van der Waals surface area contributed by atoms with Crippen molar-refractivity contribution in [3.63, 3.8) is 0 Å². The number of amides is 3. The first-order chi connectivity index (χ1) is 19.1. The lowest BCUT2D eigenvalue weighted by molar-refractivity contribution is -0.132. The molecular weight excluding hydrogens is 529 g/mol. The van der Waals surface area contributed by atoms with Crippen LogP contribution in [0.25, 0.3) is 11.1 Å². The first-order valence-electron chi connectivity index (χ1n) is 13.9. The van der Waals surface area contributed by atoms with Gasteiger partial charge in [-0.15, -0.1) is 0 Å². The predicted octanol–water partition coefficient (Wildman–Crippen LogP) is 4.20. The van der Waals surface area contributed by atoms with Crippen molar-refractivity contribution in [1.29, 1.82) is 0 Å². The Morgan fingerprint density at radius 3 is 2.49 bits per heavy atom. The highest BCUT2D eigenvalue weighted by molar-refractivity contribution is 5.96. The third-order valence-corrected chi connectivity index (χ3v) is 8.16. The lowest BCUT2D eigenvalue weighted by Gasteiger charge is -2.36. The van der Waals surface area contributed by atoms with E-state index in [-0.39, 0.29) is 23.9 Å². The van der Waals surface area contributed by atoms with Gasteiger partial charge in [0.2, 0.25) is 11.8 Å². The Morgan fingerprint density at radius 2 is 1.83 bits per heavy atom. The fraction of sp³-hybridized carbons (Fsp3) is 0.484. The summed E-state index contributed by atoms with van der Waals surface area (Å²) >= 11 is 0. The number of cyclic esters (lactones) is 1. The van der Waals surface area contributed by atoms with Gasteiger partial charge < -0.3 is 20.5 Å². The molecule has 0 radical (unpaired) electrons. The van der Waals surface area contributed by atoms with Gasteiger partial charge in [-0.1, -0.05) is 24.3 Å². The zero-order valence-corrected chi connectivity index (χ0v) is 24.0. The molecule has 2 heterocycles. The van der Waals surface area contributed by atoms with Gasteiger partial charge in [0.15, 0.2) is 0 Å².